The Morgan fingerprint density at radius 1 is 1.06 bits per heavy atom. The summed E-state index contributed by atoms with van der Waals surface area (Å²) in [6.45, 7) is -0.635. The van der Waals surface area contributed by atoms with E-state index in [1.165, 1.54) is 12.1 Å². The van der Waals surface area contributed by atoms with Crippen LogP contribution in [-0.4, -0.2) is 79.7 Å². The Bertz CT molecular complexity index is 1050. The average molecular weight is 432 g/mol. The molecule has 2 aromatic rings. The minimum atomic E-state index is -1.66. The van der Waals surface area contributed by atoms with Crippen LogP contribution in [0.2, 0.25) is 0 Å². The molecule has 0 spiro atoms. The van der Waals surface area contributed by atoms with Gasteiger partial charge in [0.05, 0.1) is 23.3 Å². The van der Waals surface area contributed by atoms with Gasteiger partial charge in [0, 0.05) is 0 Å². The van der Waals surface area contributed by atoms with Crippen molar-refractivity contribution in [1.82, 2.24) is 0 Å². The van der Waals surface area contributed by atoms with Gasteiger partial charge in [0.25, 0.3) is 0 Å². The van der Waals surface area contributed by atoms with Gasteiger partial charge in [-0.25, -0.2) is 4.79 Å². The summed E-state index contributed by atoms with van der Waals surface area (Å²) < 4.78 is 11.0. The van der Waals surface area contributed by atoms with Gasteiger partial charge < -0.3 is 40.1 Å². The third-order valence-electron chi connectivity index (χ3n) is 5.49. The van der Waals surface area contributed by atoms with Gasteiger partial charge in [-0.05, 0) is 35.7 Å². The van der Waals surface area contributed by atoms with Gasteiger partial charge in [0.15, 0.2) is 0 Å². The average Bonchev–Trinajstić information content (AvgIpc) is 2.73. The van der Waals surface area contributed by atoms with Gasteiger partial charge in [-0.2, -0.15) is 0 Å². The van der Waals surface area contributed by atoms with Crippen molar-refractivity contribution in [3.8, 4) is 11.5 Å². The Morgan fingerprint density at radius 3 is 2.48 bits per heavy atom. The van der Waals surface area contributed by atoms with Crippen LogP contribution in [0.4, 0.5) is 0 Å². The quantitative estimate of drug-likeness (QED) is 0.312. The number of fused-ring (bicyclic) bond motifs is 2. The Balaban J connectivity index is 1.70. The topological polar surface area (TPSA) is 174 Å². The summed E-state index contributed by atoms with van der Waals surface area (Å²) in [7, 11) is 0. The van der Waals surface area contributed by atoms with Gasteiger partial charge in [-0.15, -0.1) is 0 Å². The van der Waals surface area contributed by atoms with Gasteiger partial charge >= 0.3 is 5.97 Å². The zero-order valence-electron chi connectivity index (χ0n) is 16.0. The highest BCUT2D eigenvalue weighted by molar-refractivity contribution is 6.16. The molecule has 164 valence electrons. The summed E-state index contributed by atoms with van der Waals surface area (Å²) in [6.07, 6.45) is -7.39. The highest BCUT2D eigenvalue weighted by Gasteiger charge is 2.45. The number of aromatic carboxylic acids is 1. The minimum absolute atomic E-state index is 0.000749. The van der Waals surface area contributed by atoms with Crippen molar-refractivity contribution in [2.24, 2.45) is 0 Å². The SMILES string of the molecule is O=C(O)c1cc(O)c2c(c1)Cc1cccc(O[C@@H]3O[C@H](CO)[C@@H](O)[C@H](O)[C@H]3O)c1C2=O. The minimum Gasteiger partial charge on any atom is -0.507 e. The second-order valence-corrected chi connectivity index (χ2v) is 7.45. The van der Waals surface area contributed by atoms with E-state index in [1.54, 1.807) is 12.1 Å². The zero-order chi connectivity index (χ0) is 22.4. The lowest BCUT2D eigenvalue weighted by Crippen LogP contribution is -2.60. The molecule has 1 fully saturated rings. The molecule has 0 saturated carbocycles. The van der Waals surface area contributed by atoms with Crippen LogP contribution in [0.3, 0.4) is 0 Å². The lowest BCUT2D eigenvalue weighted by molar-refractivity contribution is -0.277. The molecular weight excluding hydrogens is 412 g/mol. The van der Waals surface area contributed by atoms with Gasteiger partial charge in [0.2, 0.25) is 12.1 Å². The van der Waals surface area contributed by atoms with Gasteiger partial charge in [-0.1, -0.05) is 12.1 Å². The van der Waals surface area contributed by atoms with Crippen LogP contribution >= 0.6 is 0 Å². The smallest absolute Gasteiger partial charge is 0.335 e. The Hall–Kier alpha value is -3.02. The molecule has 0 bridgehead atoms. The van der Waals surface area contributed by atoms with E-state index < -0.39 is 54.8 Å². The summed E-state index contributed by atoms with van der Waals surface area (Å²) >= 11 is 0. The molecule has 10 nitrogen and oxygen atoms in total. The van der Waals surface area contributed by atoms with Crippen molar-refractivity contribution in [2.75, 3.05) is 6.61 Å². The van der Waals surface area contributed by atoms with E-state index in [4.69, 9.17) is 9.47 Å². The third kappa shape index (κ3) is 3.54. The van der Waals surface area contributed by atoms with E-state index in [9.17, 15) is 40.2 Å². The summed E-state index contributed by atoms with van der Waals surface area (Å²) in [6, 6.07) is 6.97. The number of hydrogen-bond donors (Lipinski definition) is 6. The predicted molar refractivity (Wildman–Crippen MR) is 102 cm³/mol. The zero-order valence-corrected chi connectivity index (χ0v) is 16.0. The molecule has 0 aromatic heterocycles. The molecule has 2 aromatic carbocycles. The number of carbonyl (C=O) groups excluding carboxylic acids is 1. The molecule has 10 heteroatoms. The Kier molecular flexibility index (Phi) is 5.42. The standard InChI is InChI=1S/C21H20O10/c22-7-13-16(24)18(26)19(27)21(31-13)30-12-3-1-2-8-4-9-5-10(20(28)29)6-11(23)14(9)17(25)15(8)12/h1-3,5-6,13,16,18-19,21-24,26-27H,4,7H2,(H,28,29)/t13-,16-,18+,19-,21-/m1/s1. The molecule has 0 amide bonds. The first-order valence-electron chi connectivity index (χ1n) is 9.45. The Morgan fingerprint density at radius 2 is 1.81 bits per heavy atom. The lowest BCUT2D eigenvalue weighted by Gasteiger charge is -2.39. The van der Waals surface area contributed by atoms with Crippen molar-refractivity contribution in [3.63, 3.8) is 0 Å². The summed E-state index contributed by atoms with van der Waals surface area (Å²) in [5, 5.41) is 58.9. The monoisotopic (exact) mass is 432 g/mol. The largest absolute Gasteiger partial charge is 0.507 e. The van der Waals surface area contributed by atoms with Gasteiger partial charge in [-0.3, -0.25) is 4.79 Å². The number of hydrogen-bond acceptors (Lipinski definition) is 9. The van der Waals surface area contributed by atoms with E-state index in [1.807, 2.05) is 0 Å². The van der Waals surface area contributed by atoms with Crippen LogP contribution in [0, 0.1) is 0 Å². The number of carbonyl (C=O) groups is 2. The molecular formula is C21H20O10. The molecule has 1 aliphatic heterocycles. The van der Waals surface area contributed by atoms with E-state index in [2.05, 4.69) is 0 Å². The molecule has 2 aliphatic rings. The second kappa shape index (κ2) is 7.91. The van der Waals surface area contributed by atoms with Crippen molar-refractivity contribution >= 4 is 11.8 Å². The number of aliphatic hydroxyl groups excluding tert-OH is 4. The van der Waals surface area contributed by atoms with Gasteiger partial charge in [0.1, 0.15) is 35.9 Å². The van der Waals surface area contributed by atoms with Crippen LogP contribution < -0.4 is 4.74 Å². The molecule has 1 aliphatic carbocycles. The molecule has 0 unspecified atom stereocenters. The molecule has 1 saturated heterocycles. The number of benzene rings is 2. The summed E-state index contributed by atoms with van der Waals surface area (Å²) in [5.41, 5.74) is 0.732. The van der Waals surface area contributed by atoms with Crippen molar-refractivity contribution in [1.29, 1.82) is 0 Å². The molecule has 6 N–H and O–H groups in total. The highest BCUT2D eigenvalue weighted by Crippen LogP contribution is 2.38. The number of rotatable bonds is 4. The molecule has 31 heavy (non-hydrogen) atoms. The molecule has 1 heterocycles. The van der Waals surface area contributed by atoms with Crippen LogP contribution in [0.5, 0.6) is 11.5 Å². The number of carboxylic acid groups (broad SMARTS) is 1. The fraction of sp³-hybridized carbons (Fsp3) is 0.333. The third-order valence-corrected chi connectivity index (χ3v) is 5.49. The predicted octanol–water partition coefficient (Wildman–Crippen LogP) is -0.596. The fourth-order valence-electron chi connectivity index (χ4n) is 3.91. The van der Waals surface area contributed by atoms with Crippen LogP contribution in [0.15, 0.2) is 30.3 Å². The fourth-order valence-corrected chi connectivity index (χ4v) is 3.91. The normalized spacial score (nSPS) is 27.4. The van der Waals surface area contributed by atoms with Crippen molar-refractivity contribution < 1.29 is 49.7 Å². The molecule has 4 rings (SSSR count). The second-order valence-electron chi connectivity index (χ2n) is 7.45. The summed E-state index contributed by atoms with van der Waals surface area (Å²) in [4.78, 5) is 24.4. The van der Waals surface area contributed by atoms with E-state index in [0.29, 0.717) is 11.1 Å². The first-order chi connectivity index (χ1) is 14.7. The number of aliphatic hydroxyl groups is 4. The number of carboxylic acids is 1. The maximum absolute atomic E-state index is 13.2. The number of ether oxygens (including phenoxy) is 2. The first kappa shape index (κ1) is 21.2. The van der Waals surface area contributed by atoms with Crippen molar-refractivity contribution in [3.05, 3.63) is 58.1 Å². The number of phenolic OH excluding ortho intramolecular Hbond substituents is 1. The highest BCUT2D eigenvalue weighted by atomic mass is 16.7. The van der Waals surface area contributed by atoms with E-state index >= 15 is 0 Å². The first-order valence-corrected chi connectivity index (χ1v) is 9.45. The van der Waals surface area contributed by atoms with E-state index in [0.717, 1.165) is 6.07 Å². The number of ketones is 1. The van der Waals surface area contributed by atoms with Crippen LogP contribution in [0.1, 0.15) is 37.4 Å². The van der Waals surface area contributed by atoms with E-state index in [-0.39, 0.29) is 28.9 Å². The molecule has 5 atom stereocenters. The lowest BCUT2D eigenvalue weighted by atomic mass is 9.83. The Labute approximate surface area is 175 Å². The van der Waals surface area contributed by atoms with Crippen LogP contribution in [0.25, 0.3) is 0 Å². The maximum Gasteiger partial charge on any atom is 0.335 e. The molecule has 0 radical (unpaired) electrons. The van der Waals surface area contributed by atoms with Crippen LogP contribution in [-0.2, 0) is 11.2 Å². The number of phenols is 1. The summed E-state index contributed by atoms with van der Waals surface area (Å²) in [5.74, 6) is -2.32. The van der Waals surface area contributed by atoms with Crippen molar-refractivity contribution in [2.45, 2.75) is 37.1 Å². The maximum atomic E-state index is 13.2. The number of aromatic hydroxyl groups is 1.